The van der Waals surface area contributed by atoms with Gasteiger partial charge in [-0.3, -0.25) is 0 Å². The Labute approximate surface area is 87.7 Å². The lowest BCUT2D eigenvalue weighted by Gasteiger charge is -2.00. The molecule has 2 aromatic rings. The molecule has 0 bridgehead atoms. The average molecular weight is 210 g/mol. The van der Waals surface area contributed by atoms with Crippen molar-refractivity contribution in [3.63, 3.8) is 0 Å². The van der Waals surface area contributed by atoms with Gasteiger partial charge in [0, 0.05) is 6.20 Å². The van der Waals surface area contributed by atoms with E-state index in [0.717, 1.165) is 17.9 Å². The molecule has 0 radical (unpaired) electrons. The van der Waals surface area contributed by atoms with Crippen LogP contribution >= 0.6 is 11.6 Å². The minimum absolute atomic E-state index is 0.568. The van der Waals surface area contributed by atoms with Crippen LogP contribution in [0.15, 0.2) is 18.3 Å². The van der Waals surface area contributed by atoms with Crippen molar-refractivity contribution in [1.29, 1.82) is 0 Å². The predicted octanol–water partition coefficient (Wildman–Crippen LogP) is 2.02. The van der Waals surface area contributed by atoms with Crippen molar-refractivity contribution < 1.29 is 0 Å². The van der Waals surface area contributed by atoms with Crippen LogP contribution in [0.3, 0.4) is 0 Å². The lowest BCUT2D eigenvalue weighted by atomic mass is 10.3. The summed E-state index contributed by atoms with van der Waals surface area (Å²) in [6, 6.07) is 4.08. The van der Waals surface area contributed by atoms with Crippen molar-refractivity contribution in [3.05, 3.63) is 34.9 Å². The van der Waals surface area contributed by atoms with Crippen LogP contribution in [0.25, 0.3) is 5.52 Å². The molecule has 74 valence electrons. The van der Waals surface area contributed by atoms with Gasteiger partial charge in [-0.2, -0.15) is 0 Å². The third kappa shape index (κ3) is 1.49. The second-order valence-corrected chi connectivity index (χ2v) is 3.67. The molecule has 2 aromatic heterocycles. The zero-order valence-corrected chi connectivity index (χ0v) is 8.97. The third-order valence-corrected chi connectivity index (χ3v) is 2.44. The molecule has 0 unspecified atom stereocenters. The number of fused-ring (bicyclic) bond motifs is 1. The molecular formula is C10H12ClN3. The number of hydrogen-bond acceptors (Lipinski definition) is 2. The van der Waals surface area contributed by atoms with Gasteiger partial charge in [-0.05, 0) is 31.7 Å². The quantitative estimate of drug-likeness (QED) is 0.820. The molecule has 2 rings (SSSR count). The molecule has 0 aliphatic heterocycles. The van der Waals surface area contributed by atoms with Crippen molar-refractivity contribution in [2.45, 2.75) is 13.5 Å². The van der Waals surface area contributed by atoms with Crippen molar-refractivity contribution in [2.24, 2.45) is 0 Å². The Morgan fingerprint density at radius 1 is 1.57 bits per heavy atom. The number of rotatable bonds is 2. The summed E-state index contributed by atoms with van der Waals surface area (Å²) in [6.07, 6.45) is 2.00. The van der Waals surface area contributed by atoms with Crippen molar-refractivity contribution in [2.75, 3.05) is 7.05 Å². The third-order valence-electron chi connectivity index (χ3n) is 2.16. The van der Waals surface area contributed by atoms with E-state index in [1.54, 1.807) is 0 Å². The molecule has 0 atom stereocenters. The fourth-order valence-corrected chi connectivity index (χ4v) is 1.74. The first-order valence-electron chi connectivity index (χ1n) is 4.50. The van der Waals surface area contributed by atoms with Crippen molar-refractivity contribution in [1.82, 2.24) is 14.7 Å². The van der Waals surface area contributed by atoms with E-state index in [1.165, 1.54) is 5.56 Å². The summed E-state index contributed by atoms with van der Waals surface area (Å²) in [4.78, 5) is 4.29. The molecule has 14 heavy (non-hydrogen) atoms. The first-order valence-corrected chi connectivity index (χ1v) is 4.88. The lowest BCUT2D eigenvalue weighted by molar-refractivity contribution is 0.755. The van der Waals surface area contributed by atoms with Crippen LogP contribution in [-0.2, 0) is 6.54 Å². The molecule has 0 spiro atoms. The summed E-state index contributed by atoms with van der Waals surface area (Å²) in [6.45, 7) is 2.76. The first-order chi connectivity index (χ1) is 6.72. The van der Waals surface area contributed by atoms with Gasteiger partial charge in [0.15, 0.2) is 5.15 Å². The van der Waals surface area contributed by atoms with Crippen LogP contribution < -0.4 is 5.32 Å². The van der Waals surface area contributed by atoms with Gasteiger partial charge in [0.2, 0.25) is 0 Å². The molecule has 0 saturated carbocycles. The summed E-state index contributed by atoms with van der Waals surface area (Å²) < 4.78 is 2.01. The summed E-state index contributed by atoms with van der Waals surface area (Å²) in [5.74, 6) is 0.938. The van der Waals surface area contributed by atoms with Gasteiger partial charge in [0.25, 0.3) is 0 Å². The number of nitrogens with zero attached hydrogens (tertiary/aromatic N) is 2. The van der Waals surface area contributed by atoms with E-state index >= 15 is 0 Å². The highest BCUT2D eigenvalue weighted by Crippen LogP contribution is 2.19. The van der Waals surface area contributed by atoms with E-state index in [-0.39, 0.29) is 0 Å². The lowest BCUT2D eigenvalue weighted by Crippen LogP contribution is -2.08. The molecule has 2 heterocycles. The highest BCUT2D eigenvalue weighted by Gasteiger charge is 2.07. The molecule has 0 amide bonds. The van der Waals surface area contributed by atoms with Crippen LogP contribution in [0, 0.1) is 6.92 Å². The maximum atomic E-state index is 6.03. The van der Waals surface area contributed by atoms with E-state index in [0.29, 0.717) is 5.15 Å². The Morgan fingerprint density at radius 2 is 2.36 bits per heavy atom. The SMILES string of the molecule is CNCc1nc(Cl)c2cc(C)ccn12. The smallest absolute Gasteiger partial charge is 0.155 e. The Balaban J connectivity index is 2.65. The normalized spacial score (nSPS) is 11.1. The van der Waals surface area contributed by atoms with E-state index in [1.807, 2.05) is 36.7 Å². The number of aryl methyl sites for hydroxylation is 1. The molecule has 0 aromatic carbocycles. The highest BCUT2D eigenvalue weighted by molar-refractivity contribution is 6.32. The monoisotopic (exact) mass is 209 g/mol. The minimum atomic E-state index is 0.568. The summed E-state index contributed by atoms with van der Waals surface area (Å²) in [5.41, 5.74) is 2.16. The Hall–Kier alpha value is -1.06. The maximum Gasteiger partial charge on any atom is 0.155 e. The van der Waals surface area contributed by atoms with Gasteiger partial charge >= 0.3 is 0 Å². The van der Waals surface area contributed by atoms with Gasteiger partial charge in [-0.1, -0.05) is 11.6 Å². The summed E-state index contributed by atoms with van der Waals surface area (Å²) in [5, 5.41) is 3.63. The Morgan fingerprint density at radius 3 is 3.07 bits per heavy atom. The van der Waals surface area contributed by atoms with E-state index < -0.39 is 0 Å². The highest BCUT2D eigenvalue weighted by atomic mass is 35.5. The van der Waals surface area contributed by atoms with Gasteiger partial charge in [-0.15, -0.1) is 0 Å². The van der Waals surface area contributed by atoms with Crippen LogP contribution in [-0.4, -0.2) is 16.4 Å². The van der Waals surface area contributed by atoms with E-state index in [2.05, 4.69) is 10.3 Å². The molecule has 0 saturated heterocycles. The molecule has 0 fully saturated rings. The van der Waals surface area contributed by atoms with Crippen LogP contribution in [0.1, 0.15) is 11.4 Å². The van der Waals surface area contributed by atoms with Crippen molar-refractivity contribution >= 4 is 17.1 Å². The molecule has 0 aliphatic carbocycles. The topological polar surface area (TPSA) is 29.3 Å². The molecule has 1 N–H and O–H groups in total. The number of halogens is 1. The number of pyridine rings is 1. The van der Waals surface area contributed by atoms with Gasteiger partial charge in [0.05, 0.1) is 12.1 Å². The average Bonchev–Trinajstić information content (AvgIpc) is 2.44. The maximum absolute atomic E-state index is 6.03. The fourth-order valence-electron chi connectivity index (χ4n) is 1.50. The van der Waals surface area contributed by atoms with Crippen LogP contribution in [0.5, 0.6) is 0 Å². The van der Waals surface area contributed by atoms with Crippen molar-refractivity contribution in [3.8, 4) is 0 Å². The number of hydrogen-bond donors (Lipinski definition) is 1. The second kappa shape index (κ2) is 3.59. The zero-order valence-electron chi connectivity index (χ0n) is 8.21. The number of nitrogens with one attached hydrogen (secondary N) is 1. The summed E-state index contributed by atoms with van der Waals surface area (Å²) in [7, 11) is 1.89. The van der Waals surface area contributed by atoms with Gasteiger partial charge in [-0.25, -0.2) is 4.98 Å². The second-order valence-electron chi connectivity index (χ2n) is 3.31. The standard InChI is InChI=1S/C10H12ClN3/c1-7-3-4-14-8(5-7)10(11)13-9(14)6-12-2/h3-5,12H,6H2,1-2H3. The predicted molar refractivity (Wildman–Crippen MR) is 57.7 cm³/mol. The van der Waals surface area contributed by atoms with Gasteiger partial charge < -0.3 is 9.72 Å². The molecule has 0 aliphatic rings. The number of imidazole rings is 1. The van der Waals surface area contributed by atoms with Crippen LogP contribution in [0.4, 0.5) is 0 Å². The molecular weight excluding hydrogens is 198 g/mol. The molecule has 3 nitrogen and oxygen atoms in total. The summed E-state index contributed by atoms with van der Waals surface area (Å²) >= 11 is 6.03. The van der Waals surface area contributed by atoms with Crippen LogP contribution in [0.2, 0.25) is 5.15 Å². The zero-order chi connectivity index (χ0) is 10.1. The first kappa shape index (κ1) is 9.49. The Bertz CT molecular complexity index is 462. The largest absolute Gasteiger partial charge is 0.313 e. The minimum Gasteiger partial charge on any atom is -0.313 e. The fraction of sp³-hybridized carbons (Fsp3) is 0.300. The van der Waals surface area contributed by atoms with E-state index in [9.17, 15) is 0 Å². The van der Waals surface area contributed by atoms with E-state index in [4.69, 9.17) is 11.6 Å². The Kier molecular flexibility index (Phi) is 2.44. The molecule has 4 heteroatoms. The van der Waals surface area contributed by atoms with Gasteiger partial charge in [0.1, 0.15) is 5.82 Å². The number of aromatic nitrogens is 2.